The molecule has 28 heavy (non-hydrogen) atoms. The van der Waals surface area contributed by atoms with Gasteiger partial charge in [-0.1, -0.05) is 17.7 Å². The molecule has 1 atom stereocenters. The van der Waals surface area contributed by atoms with Crippen LogP contribution in [0.4, 0.5) is 0 Å². The average molecular weight is 402 g/mol. The summed E-state index contributed by atoms with van der Waals surface area (Å²) in [5, 5.41) is 4.38. The Morgan fingerprint density at radius 3 is 2.61 bits per heavy atom. The normalized spacial score (nSPS) is 12.1. The lowest BCUT2D eigenvalue weighted by atomic mass is 10.1. The number of aromatic nitrogens is 2. The van der Waals surface area contributed by atoms with Gasteiger partial charge in [0.05, 0.1) is 30.7 Å². The minimum atomic E-state index is -0.198. The standard InChI is InChI=1S/C21H24ClN3O3/c1-4-27-18-9-6-14(10-19(18)28-5-2)13(3)23-12-20-24-17-8-7-15(22)11-16(17)21(26)25-20/h6-11,13,23H,4-5,12H2,1-3H3,(H,24,25,26)/t13-/m1/s1. The van der Waals surface area contributed by atoms with E-state index in [-0.39, 0.29) is 11.6 Å². The van der Waals surface area contributed by atoms with Crippen LogP contribution in [0.15, 0.2) is 41.2 Å². The van der Waals surface area contributed by atoms with Gasteiger partial charge in [0.15, 0.2) is 11.5 Å². The summed E-state index contributed by atoms with van der Waals surface area (Å²) in [6, 6.07) is 11.0. The van der Waals surface area contributed by atoms with E-state index in [0.29, 0.717) is 41.5 Å². The Bertz CT molecular complexity index is 1020. The van der Waals surface area contributed by atoms with Crippen molar-refractivity contribution in [3.8, 4) is 11.5 Å². The molecule has 7 heteroatoms. The van der Waals surface area contributed by atoms with Crippen molar-refractivity contribution in [3.63, 3.8) is 0 Å². The van der Waals surface area contributed by atoms with E-state index in [1.807, 2.05) is 39.0 Å². The summed E-state index contributed by atoms with van der Waals surface area (Å²) in [5.41, 5.74) is 1.48. The summed E-state index contributed by atoms with van der Waals surface area (Å²) in [7, 11) is 0. The van der Waals surface area contributed by atoms with Gasteiger partial charge in [0.2, 0.25) is 0 Å². The first-order valence-corrected chi connectivity index (χ1v) is 9.71. The first-order valence-electron chi connectivity index (χ1n) is 9.33. The highest BCUT2D eigenvalue weighted by Gasteiger charge is 2.12. The van der Waals surface area contributed by atoms with E-state index in [9.17, 15) is 4.79 Å². The SMILES string of the molecule is CCOc1ccc([C@@H](C)NCc2nc3ccc(Cl)cc3c(=O)[nH]2)cc1OCC. The molecule has 2 N–H and O–H groups in total. The Labute approximate surface area is 168 Å². The summed E-state index contributed by atoms with van der Waals surface area (Å²) in [6.45, 7) is 7.51. The lowest BCUT2D eigenvalue weighted by Gasteiger charge is -2.17. The average Bonchev–Trinajstić information content (AvgIpc) is 2.68. The molecule has 0 aliphatic heterocycles. The Hall–Kier alpha value is -2.57. The predicted molar refractivity (Wildman–Crippen MR) is 111 cm³/mol. The van der Waals surface area contributed by atoms with Crippen LogP contribution in [0.1, 0.15) is 38.2 Å². The molecule has 0 saturated heterocycles. The molecule has 3 aromatic rings. The molecule has 2 aromatic carbocycles. The quantitative estimate of drug-likeness (QED) is 0.590. The van der Waals surface area contributed by atoms with Crippen molar-refractivity contribution in [2.24, 2.45) is 0 Å². The Balaban J connectivity index is 1.75. The second kappa shape index (κ2) is 9.08. The number of H-pyrrole nitrogens is 1. The molecule has 0 saturated carbocycles. The van der Waals surface area contributed by atoms with Gasteiger partial charge in [0, 0.05) is 11.1 Å². The highest BCUT2D eigenvalue weighted by atomic mass is 35.5. The lowest BCUT2D eigenvalue weighted by molar-refractivity contribution is 0.287. The molecule has 0 spiro atoms. The topological polar surface area (TPSA) is 76.2 Å². The van der Waals surface area contributed by atoms with Crippen molar-refractivity contribution in [2.45, 2.75) is 33.4 Å². The highest BCUT2D eigenvalue weighted by molar-refractivity contribution is 6.31. The van der Waals surface area contributed by atoms with Crippen molar-refractivity contribution < 1.29 is 9.47 Å². The van der Waals surface area contributed by atoms with Gasteiger partial charge in [-0.3, -0.25) is 4.79 Å². The number of benzene rings is 2. The zero-order valence-electron chi connectivity index (χ0n) is 16.2. The van der Waals surface area contributed by atoms with Crippen LogP contribution in [-0.4, -0.2) is 23.2 Å². The molecule has 0 amide bonds. The number of hydrogen-bond acceptors (Lipinski definition) is 5. The molecular weight excluding hydrogens is 378 g/mol. The summed E-state index contributed by atoms with van der Waals surface area (Å²) < 4.78 is 11.3. The summed E-state index contributed by atoms with van der Waals surface area (Å²) in [6.07, 6.45) is 0. The number of halogens is 1. The maximum absolute atomic E-state index is 12.3. The predicted octanol–water partition coefficient (Wildman–Crippen LogP) is 4.22. The van der Waals surface area contributed by atoms with Crippen molar-refractivity contribution in [1.29, 1.82) is 0 Å². The van der Waals surface area contributed by atoms with Gasteiger partial charge in [-0.15, -0.1) is 0 Å². The van der Waals surface area contributed by atoms with E-state index >= 15 is 0 Å². The fourth-order valence-electron chi connectivity index (χ4n) is 2.95. The molecule has 0 bridgehead atoms. The number of rotatable bonds is 8. The van der Waals surface area contributed by atoms with Gasteiger partial charge in [0.1, 0.15) is 5.82 Å². The number of nitrogens with zero attached hydrogens (tertiary/aromatic N) is 1. The summed E-state index contributed by atoms with van der Waals surface area (Å²) >= 11 is 5.95. The number of ether oxygens (including phenoxy) is 2. The monoisotopic (exact) mass is 401 g/mol. The highest BCUT2D eigenvalue weighted by Crippen LogP contribution is 2.30. The Morgan fingerprint density at radius 1 is 1.11 bits per heavy atom. The van der Waals surface area contributed by atoms with Crippen molar-refractivity contribution in [2.75, 3.05) is 13.2 Å². The number of fused-ring (bicyclic) bond motifs is 1. The third-order valence-electron chi connectivity index (χ3n) is 4.36. The molecule has 0 unspecified atom stereocenters. The van der Waals surface area contributed by atoms with Gasteiger partial charge in [-0.05, 0) is 56.7 Å². The molecule has 148 valence electrons. The number of aromatic amines is 1. The van der Waals surface area contributed by atoms with E-state index in [1.54, 1.807) is 18.2 Å². The van der Waals surface area contributed by atoms with Crippen LogP contribution in [0.5, 0.6) is 11.5 Å². The minimum absolute atomic E-state index is 0.0288. The van der Waals surface area contributed by atoms with E-state index in [4.69, 9.17) is 21.1 Å². The van der Waals surface area contributed by atoms with Crippen LogP contribution in [-0.2, 0) is 6.54 Å². The van der Waals surface area contributed by atoms with Gasteiger partial charge in [0.25, 0.3) is 5.56 Å². The minimum Gasteiger partial charge on any atom is -0.490 e. The van der Waals surface area contributed by atoms with E-state index in [1.165, 1.54) is 0 Å². The van der Waals surface area contributed by atoms with Gasteiger partial charge >= 0.3 is 0 Å². The van der Waals surface area contributed by atoms with Gasteiger partial charge in [-0.25, -0.2) is 4.98 Å². The molecule has 0 fully saturated rings. The first kappa shape index (κ1) is 20.2. The molecule has 1 aromatic heterocycles. The smallest absolute Gasteiger partial charge is 0.258 e. The third-order valence-corrected chi connectivity index (χ3v) is 4.59. The zero-order chi connectivity index (χ0) is 20.1. The van der Waals surface area contributed by atoms with Crippen LogP contribution >= 0.6 is 11.6 Å². The van der Waals surface area contributed by atoms with E-state index < -0.39 is 0 Å². The molecule has 6 nitrogen and oxygen atoms in total. The van der Waals surface area contributed by atoms with Crippen LogP contribution < -0.4 is 20.3 Å². The number of nitrogens with one attached hydrogen (secondary N) is 2. The first-order chi connectivity index (χ1) is 13.5. The molecule has 3 rings (SSSR count). The maximum atomic E-state index is 12.3. The third kappa shape index (κ3) is 4.64. The molecular formula is C21H24ClN3O3. The zero-order valence-corrected chi connectivity index (χ0v) is 17.0. The van der Waals surface area contributed by atoms with Crippen LogP contribution in [0.3, 0.4) is 0 Å². The fraction of sp³-hybridized carbons (Fsp3) is 0.333. The summed E-state index contributed by atoms with van der Waals surface area (Å²) in [5.74, 6) is 2.03. The van der Waals surface area contributed by atoms with Crippen molar-refractivity contribution in [1.82, 2.24) is 15.3 Å². The van der Waals surface area contributed by atoms with Crippen molar-refractivity contribution >= 4 is 22.5 Å². The van der Waals surface area contributed by atoms with Crippen LogP contribution in [0.25, 0.3) is 10.9 Å². The molecule has 1 heterocycles. The summed E-state index contributed by atoms with van der Waals surface area (Å²) in [4.78, 5) is 19.6. The number of hydrogen-bond donors (Lipinski definition) is 2. The molecule has 0 radical (unpaired) electrons. The Kier molecular flexibility index (Phi) is 6.54. The maximum Gasteiger partial charge on any atom is 0.258 e. The van der Waals surface area contributed by atoms with Crippen LogP contribution in [0.2, 0.25) is 5.02 Å². The molecule has 0 aliphatic rings. The fourth-order valence-corrected chi connectivity index (χ4v) is 3.12. The van der Waals surface area contributed by atoms with Gasteiger partial charge < -0.3 is 19.8 Å². The Morgan fingerprint density at radius 2 is 1.86 bits per heavy atom. The van der Waals surface area contributed by atoms with E-state index in [0.717, 1.165) is 17.1 Å². The van der Waals surface area contributed by atoms with E-state index in [2.05, 4.69) is 15.3 Å². The van der Waals surface area contributed by atoms with Crippen LogP contribution in [0, 0.1) is 0 Å². The van der Waals surface area contributed by atoms with Crippen molar-refractivity contribution in [3.05, 3.63) is 63.2 Å². The second-order valence-electron chi connectivity index (χ2n) is 6.35. The largest absolute Gasteiger partial charge is 0.490 e. The van der Waals surface area contributed by atoms with Gasteiger partial charge in [-0.2, -0.15) is 0 Å². The second-order valence-corrected chi connectivity index (χ2v) is 6.79. The molecule has 0 aliphatic carbocycles. The lowest BCUT2D eigenvalue weighted by Crippen LogP contribution is -2.22.